The van der Waals surface area contributed by atoms with Gasteiger partial charge in [-0.15, -0.1) is 0 Å². The summed E-state index contributed by atoms with van der Waals surface area (Å²) in [5.74, 6) is -1.15. The second kappa shape index (κ2) is 8.46. The Morgan fingerprint density at radius 3 is 2.75 bits per heavy atom. The zero-order chi connectivity index (χ0) is 20.3. The zero-order valence-corrected chi connectivity index (χ0v) is 15.6. The van der Waals surface area contributed by atoms with Crippen LogP contribution in [-0.4, -0.2) is 50.6 Å². The fraction of sp³-hybridized carbons (Fsp3) is 0.529. The minimum atomic E-state index is -2.84. The average molecular weight is 396 g/mol. The first-order valence-electron chi connectivity index (χ1n) is 9.02. The lowest BCUT2D eigenvalue weighted by Crippen LogP contribution is -2.32. The van der Waals surface area contributed by atoms with Crippen molar-refractivity contribution in [3.63, 3.8) is 0 Å². The first-order valence-corrected chi connectivity index (χ1v) is 9.02. The number of hydrogen-bond donors (Lipinski definition) is 2. The summed E-state index contributed by atoms with van der Waals surface area (Å²) in [6, 6.07) is 1.25. The van der Waals surface area contributed by atoms with Crippen molar-refractivity contribution in [2.45, 2.75) is 45.9 Å². The number of ether oxygens (including phenoxy) is 1. The third-order valence-corrected chi connectivity index (χ3v) is 4.40. The number of carbonyl (C=O) groups is 2. The van der Waals surface area contributed by atoms with E-state index in [2.05, 4.69) is 20.8 Å². The molecule has 3 heterocycles. The molecule has 0 aliphatic carbocycles. The smallest absolute Gasteiger partial charge is 0.333 e. The summed E-state index contributed by atoms with van der Waals surface area (Å²) in [5, 5.41) is 13.1. The van der Waals surface area contributed by atoms with Crippen molar-refractivity contribution in [2.75, 3.05) is 18.5 Å². The molecule has 28 heavy (non-hydrogen) atoms. The third kappa shape index (κ3) is 4.35. The number of alkyl halides is 2. The number of anilines is 1. The predicted molar refractivity (Wildman–Crippen MR) is 95.4 cm³/mol. The average Bonchev–Trinajstić information content (AvgIpc) is 3.39. The molecular weight excluding hydrogens is 374 g/mol. The van der Waals surface area contributed by atoms with Gasteiger partial charge in [-0.2, -0.15) is 19.0 Å². The summed E-state index contributed by atoms with van der Waals surface area (Å²) in [5.41, 5.74) is 0.200. The number of amides is 2. The minimum Gasteiger partial charge on any atom is -0.376 e. The molecule has 1 saturated heterocycles. The van der Waals surface area contributed by atoms with Crippen molar-refractivity contribution in [1.82, 2.24) is 24.9 Å². The molecule has 2 amide bonds. The first kappa shape index (κ1) is 19.9. The quantitative estimate of drug-likeness (QED) is 0.745. The van der Waals surface area contributed by atoms with Gasteiger partial charge in [0.25, 0.3) is 11.8 Å². The highest BCUT2D eigenvalue weighted by molar-refractivity contribution is 6.07. The van der Waals surface area contributed by atoms with E-state index in [-0.39, 0.29) is 28.9 Å². The first-order chi connectivity index (χ1) is 13.4. The highest BCUT2D eigenvalue weighted by Crippen LogP contribution is 2.18. The number of carbonyl (C=O) groups excluding carboxylic acids is 2. The highest BCUT2D eigenvalue weighted by Gasteiger charge is 2.23. The molecule has 0 bridgehead atoms. The Balaban J connectivity index is 1.73. The number of halogens is 2. The van der Waals surface area contributed by atoms with E-state index in [0.717, 1.165) is 12.8 Å². The van der Waals surface area contributed by atoms with Crippen LogP contribution in [0.3, 0.4) is 0 Å². The van der Waals surface area contributed by atoms with Crippen LogP contribution in [0.15, 0.2) is 12.3 Å². The van der Waals surface area contributed by atoms with E-state index in [9.17, 15) is 18.4 Å². The van der Waals surface area contributed by atoms with Gasteiger partial charge in [-0.05, 0) is 32.8 Å². The Hall–Kier alpha value is -2.82. The summed E-state index contributed by atoms with van der Waals surface area (Å²) in [6.45, 7) is 1.93. The molecule has 9 nitrogen and oxygen atoms in total. The van der Waals surface area contributed by atoms with Gasteiger partial charge in [0.05, 0.1) is 11.8 Å². The largest absolute Gasteiger partial charge is 0.376 e. The highest BCUT2D eigenvalue weighted by atomic mass is 19.3. The minimum absolute atomic E-state index is 0.0310. The predicted octanol–water partition coefficient (Wildman–Crippen LogP) is 1.96. The van der Waals surface area contributed by atoms with E-state index in [1.54, 1.807) is 0 Å². The van der Waals surface area contributed by atoms with Gasteiger partial charge in [-0.25, -0.2) is 4.68 Å². The molecule has 0 spiro atoms. The SMILES string of the molecule is CCn1cc(NC(=O)c2cc(C)n(C(F)F)n2)c(C(=O)NC[C@H]2CCCO2)n1. The molecule has 0 aromatic carbocycles. The monoisotopic (exact) mass is 396 g/mol. The van der Waals surface area contributed by atoms with Crippen LogP contribution in [0.1, 0.15) is 53.0 Å². The summed E-state index contributed by atoms with van der Waals surface area (Å²) in [6.07, 6.45) is 3.31. The van der Waals surface area contributed by atoms with Gasteiger partial charge in [0.15, 0.2) is 11.4 Å². The normalized spacial score (nSPS) is 16.5. The molecule has 2 aromatic heterocycles. The molecular formula is C17H22F2N6O3. The maximum atomic E-state index is 12.9. The van der Waals surface area contributed by atoms with Crippen LogP contribution in [-0.2, 0) is 11.3 Å². The molecule has 0 saturated carbocycles. The Kier molecular flexibility index (Phi) is 6.02. The molecule has 2 aromatic rings. The number of aromatic nitrogens is 4. The van der Waals surface area contributed by atoms with Crippen molar-refractivity contribution in [3.8, 4) is 0 Å². The number of rotatable bonds is 7. The Morgan fingerprint density at radius 1 is 1.36 bits per heavy atom. The maximum absolute atomic E-state index is 12.9. The summed E-state index contributed by atoms with van der Waals surface area (Å²) >= 11 is 0. The van der Waals surface area contributed by atoms with Crippen molar-refractivity contribution in [2.24, 2.45) is 0 Å². The van der Waals surface area contributed by atoms with Crippen LogP contribution in [0.25, 0.3) is 0 Å². The van der Waals surface area contributed by atoms with Crippen LogP contribution in [0, 0.1) is 6.92 Å². The van der Waals surface area contributed by atoms with Gasteiger partial charge in [0, 0.05) is 31.6 Å². The third-order valence-electron chi connectivity index (χ3n) is 4.40. The lowest BCUT2D eigenvalue weighted by atomic mass is 10.2. The zero-order valence-electron chi connectivity index (χ0n) is 15.6. The van der Waals surface area contributed by atoms with Crippen molar-refractivity contribution >= 4 is 17.5 Å². The van der Waals surface area contributed by atoms with Gasteiger partial charge in [-0.1, -0.05) is 0 Å². The molecule has 0 radical (unpaired) electrons. The van der Waals surface area contributed by atoms with Gasteiger partial charge in [-0.3, -0.25) is 14.3 Å². The maximum Gasteiger partial charge on any atom is 0.333 e. The Bertz CT molecular complexity index is 857. The van der Waals surface area contributed by atoms with Gasteiger partial charge in [0.2, 0.25) is 0 Å². The summed E-state index contributed by atoms with van der Waals surface area (Å²) in [4.78, 5) is 24.9. The molecule has 1 atom stereocenters. The van der Waals surface area contributed by atoms with Crippen LogP contribution < -0.4 is 10.6 Å². The number of hydrogen-bond acceptors (Lipinski definition) is 5. The van der Waals surface area contributed by atoms with Crippen molar-refractivity contribution < 1.29 is 23.1 Å². The van der Waals surface area contributed by atoms with E-state index in [1.807, 2.05) is 6.92 Å². The second-order valence-electron chi connectivity index (χ2n) is 6.44. The molecule has 1 fully saturated rings. The molecule has 11 heteroatoms. The Morgan fingerprint density at radius 2 is 2.14 bits per heavy atom. The van der Waals surface area contributed by atoms with Gasteiger partial charge < -0.3 is 15.4 Å². The Labute approximate surface area is 160 Å². The number of nitrogens with zero attached hydrogens (tertiary/aromatic N) is 4. The van der Waals surface area contributed by atoms with Crippen LogP contribution in [0.4, 0.5) is 14.5 Å². The molecule has 1 aliphatic rings. The number of nitrogens with one attached hydrogen (secondary N) is 2. The summed E-state index contributed by atoms with van der Waals surface area (Å²) in [7, 11) is 0. The van der Waals surface area contributed by atoms with Crippen molar-refractivity contribution in [1.29, 1.82) is 0 Å². The fourth-order valence-electron chi connectivity index (χ4n) is 2.92. The van der Waals surface area contributed by atoms with E-state index < -0.39 is 18.4 Å². The lowest BCUT2D eigenvalue weighted by Gasteiger charge is -2.10. The molecule has 152 valence electrons. The van der Waals surface area contributed by atoms with Crippen LogP contribution in [0.2, 0.25) is 0 Å². The standard InChI is InChI=1S/C17H22F2N6O3/c1-3-24-9-13(14(23-24)16(27)20-8-11-5-4-6-28-11)21-15(26)12-7-10(2)25(22-12)17(18)19/h7,9,11,17H,3-6,8H2,1-2H3,(H,20,27)(H,21,26)/t11-/m1/s1. The van der Waals surface area contributed by atoms with Crippen LogP contribution >= 0.6 is 0 Å². The molecule has 2 N–H and O–H groups in total. The van der Waals surface area contributed by atoms with E-state index in [1.165, 1.54) is 23.9 Å². The molecule has 1 aliphatic heterocycles. The second-order valence-corrected chi connectivity index (χ2v) is 6.44. The molecule has 3 rings (SSSR count). The van der Waals surface area contributed by atoms with Crippen molar-refractivity contribution in [3.05, 3.63) is 29.3 Å². The van der Waals surface area contributed by atoms with Gasteiger partial charge >= 0.3 is 6.55 Å². The van der Waals surface area contributed by atoms with E-state index >= 15 is 0 Å². The van der Waals surface area contributed by atoms with Crippen LogP contribution in [0.5, 0.6) is 0 Å². The van der Waals surface area contributed by atoms with E-state index in [4.69, 9.17) is 4.74 Å². The number of aryl methyl sites for hydroxylation is 2. The molecule has 0 unspecified atom stereocenters. The fourth-order valence-corrected chi connectivity index (χ4v) is 2.92. The topological polar surface area (TPSA) is 103 Å². The van der Waals surface area contributed by atoms with E-state index in [0.29, 0.717) is 24.4 Å². The summed E-state index contributed by atoms with van der Waals surface area (Å²) < 4.78 is 33.1. The lowest BCUT2D eigenvalue weighted by molar-refractivity contribution is 0.0540. The van der Waals surface area contributed by atoms with Gasteiger partial charge in [0.1, 0.15) is 0 Å².